The molecule has 88 valence electrons. The van der Waals surface area contributed by atoms with Crippen LogP contribution in [0, 0.1) is 0 Å². The molecule has 0 saturated heterocycles. The Morgan fingerprint density at radius 2 is 2.00 bits per heavy atom. The van der Waals surface area contributed by atoms with Gasteiger partial charge in [-0.05, 0) is 43.4 Å². The number of aryl methyl sites for hydroxylation is 1. The zero-order valence-corrected chi connectivity index (χ0v) is 9.86. The highest BCUT2D eigenvalue weighted by Crippen LogP contribution is 2.24. The predicted molar refractivity (Wildman–Crippen MR) is 64.7 cm³/mol. The quantitative estimate of drug-likeness (QED) is 0.845. The second-order valence-electron chi connectivity index (χ2n) is 4.55. The minimum absolute atomic E-state index is 0.00275. The molecular formula is C14H20O2. The molecule has 0 spiro atoms. The lowest BCUT2D eigenvalue weighted by Gasteiger charge is -2.17. The van der Waals surface area contributed by atoms with Crippen LogP contribution in [0.2, 0.25) is 0 Å². The predicted octanol–water partition coefficient (Wildman–Crippen LogP) is 2.93. The fraction of sp³-hybridized carbons (Fsp3) is 0.571. The molecule has 0 heterocycles. The van der Waals surface area contributed by atoms with Gasteiger partial charge in [0.2, 0.25) is 0 Å². The number of rotatable bonds is 4. The summed E-state index contributed by atoms with van der Waals surface area (Å²) in [5.74, 6) is 0.880. The highest BCUT2D eigenvalue weighted by atomic mass is 16.5. The van der Waals surface area contributed by atoms with Gasteiger partial charge >= 0.3 is 0 Å². The summed E-state index contributed by atoms with van der Waals surface area (Å²) < 4.78 is 5.77. The fourth-order valence-corrected chi connectivity index (χ4v) is 2.24. The van der Waals surface area contributed by atoms with E-state index in [0.29, 0.717) is 0 Å². The highest BCUT2D eigenvalue weighted by Gasteiger charge is 2.26. The Bertz CT molecular complexity index is 318. The van der Waals surface area contributed by atoms with E-state index in [-0.39, 0.29) is 12.2 Å². The summed E-state index contributed by atoms with van der Waals surface area (Å²) in [6.45, 7) is 2.18. The molecule has 2 unspecified atom stereocenters. The van der Waals surface area contributed by atoms with Crippen LogP contribution >= 0.6 is 0 Å². The number of aliphatic hydroxyl groups excluding tert-OH is 1. The van der Waals surface area contributed by atoms with Crippen LogP contribution in [-0.2, 0) is 6.42 Å². The average molecular weight is 220 g/mol. The molecule has 16 heavy (non-hydrogen) atoms. The normalized spacial score (nSPS) is 24.6. The van der Waals surface area contributed by atoms with E-state index in [1.165, 1.54) is 12.0 Å². The third-order valence-corrected chi connectivity index (χ3v) is 3.17. The van der Waals surface area contributed by atoms with Gasteiger partial charge in [0.25, 0.3) is 0 Å². The van der Waals surface area contributed by atoms with Crippen LogP contribution in [0.5, 0.6) is 5.75 Å². The molecule has 1 fully saturated rings. The Morgan fingerprint density at radius 3 is 2.56 bits per heavy atom. The molecular weight excluding hydrogens is 200 g/mol. The SMILES string of the molecule is CCCc1ccc(OC2CCCC2O)cc1. The summed E-state index contributed by atoms with van der Waals surface area (Å²) in [6.07, 6.45) is 4.91. The highest BCUT2D eigenvalue weighted by molar-refractivity contribution is 5.27. The molecule has 0 aromatic heterocycles. The molecule has 2 nitrogen and oxygen atoms in total. The molecule has 1 saturated carbocycles. The van der Waals surface area contributed by atoms with Gasteiger partial charge in [-0.3, -0.25) is 0 Å². The van der Waals surface area contributed by atoms with Crippen molar-refractivity contribution in [3.05, 3.63) is 29.8 Å². The molecule has 0 amide bonds. The fourth-order valence-electron chi connectivity index (χ4n) is 2.24. The molecule has 1 aromatic rings. The van der Waals surface area contributed by atoms with Gasteiger partial charge in [0.1, 0.15) is 11.9 Å². The molecule has 1 N–H and O–H groups in total. The Labute approximate surface area is 97.3 Å². The van der Waals surface area contributed by atoms with Gasteiger partial charge in [-0.15, -0.1) is 0 Å². The Hall–Kier alpha value is -1.02. The summed E-state index contributed by atoms with van der Waals surface area (Å²) in [4.78, 5) is 0. The molecule has 2 rings (SSSR count). The van der Waals surface area contributed by atoms with E-state index in [1.807, 2.05) is 12.1 Å². The first-order chi connectivity index (χ1) is 7.79. The van der Waals surface area contributed by atoms with E-state index < -0.39 is 0 Å². The summed E-state index contributed by atoms with van der Waals surface area (Å²) in [6, 6.07) is 8.24. The molecule has 0 aliphatic heterocycles. The van der Waals surface area contributed by atoms with Crippen LogP contribution in [0.15, 0.2) is 24.3 Å². The van der Waals surface area contributed by atoms with Crippen molar-refractivity contribution in [3.63, 3.8) is 0 Å². The molecule has 2 heteroatoms. The number of aliphatic hydroxyl groups is 1. The molecule has 0 radical (unpaired) electrons. The van der Waals surface area contributed by atoms with Gasteiger partial charge in [-0.1, -0.05) is 25.5 Å². The van der Waals surface area contributed by atoms with E-state index in [9.17, 15) is 5.11 Å². The molecule has 1 aliphatic rings. The van der Waals surface area contributed by atoms with E-state index in [0.717, 1.165) is 31.4 Å². The van der Waals surface area contributed by atoms with Gasteiger partial charge < -0.3 is 9.84 Å². The largest absolute Gasteiger partial charge is 0.488 e. The Balaban J connectivity index is 1.94. The van der Waals surface area contributed by atoms with Crippen LogP contribution in [0.3, 0.4) is 0 Å². The van der Waals surface area contributed by atoms with E-state index in [1.54, 1.807) is 0 Å². The lowest BCUT2D eigenvalue weighted by atomic mass is 10.1. The Morgan fingerprint density at radius 1 is 1.25 bits per heavy atom. The smallest absolute Gasteiger partial charge is 0.124 e. The van der Waals surface area contributed by atoms with Crippen LogP contribution in [0.1, 0.15) is 38.2 Å². The van der Waals surface area contributed by atoms with Crippen molar-refractivity contribution in [2.24, 2.45) is 0 Å². The average Bonchev–Trinajstić information content (AvgIpc) is 2.68. The molecule has 0 bridgehead atoms. The van der Waals surface area contributed by atoms with Crippen molar-refractivity contribution in [2.75, 3.05) is 0 Å². The van der Waals surface area contributed by atoms with Crippen LogP contribution in [0.4, 0.5) is 0 Å². The zero-order chi connectivity index (χ0) is 11.4. The maximum atomic E-state index is 9.66. The molecule has 1 aromatic carbocycles. The maximum absolute atomic E-state index is 9.66. The lowest BCUT2D eigenvalue weighted by Crippen LogP contribution is -2.25. The first-order valence-electron chi connectivity index (χ1n) is 6.23. The van der Waals surface area contributed by atoms with Crippen molar-refractivity contribution < 1.29 is 9.84 Å². The van der Waals surface area contributed by atoms with E-state index >= 15 is 0 Å². The van der Waals surface area contributed by atoms with Crippen LogP contribution in [-0.4, -0.2) is 17.3 Å². The third kappa shape index (κ3) is 2.76. The summed E-state index contributed by atoms with van der Waals surface area (Å²) in [7, 11) is 0. The van der Waals surface area contributed by atoms with Crippen molar-refractivity contribution >= 4 is 0 Å². The first-order valence-corrected chi connectivity index (χ1v) is 6.23. The van der Waals surface area contributed by atoms with E-state index in [4.69, 9.17) is 4.74 Å². The third-order valence-electron chi connectivity index (χ3n) is 3.17. The Kier molecular flexibility index (Phi) is 3.83. The van der Waals surface area contributed by atoms with E-state index in [2.05, 4.69) is 19.1 Å². The second kappa shape index (κ2) is 5.35. The number of benzene rings is 1. The number of hydrogen-bond donors (Lipinski definition) is 1. The van der Waals surface area contributed by atoms with Crippen molar-refractivity contribution in [1.82, 2.24) is 0 Å². The standard InChI is InChI=1S/C14H20O2/c1-2-4-11-7-9-12(10-8-11)16-14-6-3-5-13(14)15/h7-10,13-15H,2-6H2,1H3. The first kappa shape index (κ1) is 11.5. The van der Waals surface area contributed by atoms with Crippen molar-refractivity contribution in [3.8, 4) is 5.75 Å². The maximum Gasteiger partial charge on any atom is 0.124 e. The van der Waals surface area contributed by atoms with Crippen molar-refractivity contribution in [2.45, 2.75) is 51.2 Å². The van der Waals surface area contributed by atoms with Gasteiger partial charge in [-0.25, -0.2) is 0 Å². The molecule has 2 atom stereocenters. The zero-order valence-electron chi connectivity index (χ0n) is 9.86. The van der Waals surface area contributed by atoms with Gasteiger partial charge in [0, 0.05) is 0 Å². The minimum Gasteiger partial charge on any atom is -0.488 e. The lowest BCUT2D eigenvalue weighted by molar-refractivity contribution is 0.0604. The number of ether oxygens (including phenoxy) is 1. The van der Waals surface area contributed by atoms with Crippen molar-refractivity contribution in [1.29, 1.82) is 0 Å². The van der Waals surface area contributed by atoms with Gasteiger partial charge in [0.05, 0.1) is 6.10 Å². The topological polar surface area (TPSA) is 29.5 Å². The monoisotopic (exact) mass is 220 g/mol. The second-order valence-corrected chi connectivity index (χ2v) is 4.55. The molecule has 1 aliphatic carbocycles. The minimum atomic E-state index is -0.282. The number of hydrogen-bond acceptors (Lipinski definition) is 2. The van der Waals surface area contributed by atoms with Crippen LogP contribution < -0.4 is 4.74 Å². The van der Waals surface area contributed by atoms with Gasteiger partial charge in [-0.2, -0.15) is 0 Å². The van der Waals surface area contributed by atoms with Gasteiger partial charge in [0.15, 0.2) is 0 Å². The summed E-state index contributed by atoms with van der Waals surface area (Å²) in [5, 5.41) is 9.66. The summed E-state index contributed by atoms with van der Waals surface area (Å²) >= 11 is 0. The van der Waals surface area contributed by atoms with Crippen LogP contribution in [0.25, 0.3) is 0 Å². The summed E-state index contributed by atoms with van der Waals surface area (Å²) in [5.41, 5.74) is 1.35.